The van der Waals surface area contributed by atoms with Gasteiger partial charge in [0.05, 0.1) is 33.9 Å². The van der Waals surface area contributed by atoms with Gasteiger partial charge in [0, 0.05) is 17.5 Å². The number of hydrogen-bond acceptors (Lipinski definition) is 8. The van der Waals surface area contributed by atoms with Gasteiger partial charge in [-0.3, -0.25) is 24.5 Å². The summed E-state index contributed by atoms with van der Waals surface area (Å²) in [5.41, 5.74) is 1.07. The van der Waals surface area contributed by atoms with E-state index in [4.69, 9.17) is 9.57 Å². The summed E-state index contributed by atoms with van der Waals surface area (Å²) in [6.45, 7) is 0. The van der Waals surface area contributed by atoms with Crippen LogP contribution in [0.2, 0.25) is 0 Å². The monoisotopic (exact) mass is 589 g/mol. The van der Waals surface area contributed by atoms with Crippen LogP contribution >= 0.6 is 15.9 Å². The molecular weight excluding hydrogens is 570 g/mol. The molecule has 2 amide bonds. The van der Waals surface area contributed by atoms with Gasteiger partial charge >= 0.3 is 0 Å². The lowest BCUT2D eigenvalue weighted by Gasteiger charge is -2.29. The summed E-state index contributed by atoms with van der Waals surface area (Å²) in [5.74, 6) is -1.99. The largest absolute Gasteiger partial charge is 0.503 e. The Hall–Kier alpha value is -4.48. The molecule has 4 aromatic carbocycles. The van der Waals surface area contributed by atoms with Crippen LogP contribution in [0.3, 0.4) is 0 Å². The Morgan fingerprint density at radius 3 is 2.51 bits per heavy atom. The van der Waals surface area contributed by atoms with Crippen molar-refractivity contribution >= 4 is 55.6 Å². The first-order valence-electron chi connectivity index (χ1n) is 11.9. The highest BCUT2D eigenvalue weighted by molar-refractivity contribution is 9.10. The van der Waals surface area contributed by atoms with E-state index in [-0.39, 0.29) is 17.2 Å². The average molecular weight is 590 g/mol. The number of non-ortho nitro benzene ring substituents is 1. The number of nitro groups is 1. The number of phenolic OH excluding ortho intramolecular Hbond substituents is 1. The van der Waals surface area contributed by atoms with Gasteiger partial charge in [-0.1, -0.05) is 42.5 Å². The molecule has 11 heteroatoms. The molecule has 0 unspecified atom stereocenters. The van der Waals surface area contributed by atoms with Crippen molar-refractivity contribution in [2.75, 3.05) is 17.1 Å². The maximum atomic E-state index is 14.1. The van der Waals surface area contributed by atoms with Gasteiger partial charge in [0.2, 0.25) is 5.91 Å². The Kier molecular flexibility index (Phi) is 5.96. The Morgan fingerprint density at radius 2 is 1.74 bits per heavy atom. The van der Waals surface area contributed by atoms with Crippen molar-refractivity contribution in [3.63, 3.8) is 0 Å². The quantitative estimate of drug-likeness (QED) is 0.189. The van der Waals surface area contributed by atoms with Crippen LogP contribution in [0.4, 0.5) is 17.1 Å². The van der Waals surface area contributed by atoms with Gasteiger partial charge < -0.3 is 9.84 Å². The molecule has 196 valence electrons. The number of hydroxylamine groups is 1. The van der Waals surface area contributed by atoms with E-state index in [1.54, 1.807) is 30.3 Å². The second kappa shape index (κ2) is 9.37. The molecular formula is C28H20BrN3O7. The number of imide groups is 1. The first-order chi connectivity index (χ1) is 18.8. The number of phenols is 1. The fourth-order valence-electron chi connectivity index (χ4n) is 5.28. The van der Waals surface area contributed by atoms with E-state index >= 15 is 0 Å². The van der Waals surface area contributed by atoms with Crippen molar-refractivity contribution in [3.8, 4) is 11.5 Å². The number of halogens is 1. The molecule has 2 aliphatic heterocycles. The number of benzene rings is 4. The van der Waals surface area contributed by atoms with Crippen LogP contribution in [-0.4, -0.2) is 35.1 Å². The number of carbonyl (C=O) groups is 2. The van der Waals surface area contributed by atoms with Crippen molar-refractivity contribution in [2.45, 2.75) is 12.1 Å². The minimum Gasteiger partial charge on any atom is -0.503 e. The molecule has 2 heterocycles. The highest BCUT2D eigenvalue weighted by Gasteiger charge is 2.60. The summed E-state index contributed by atoms with van der Waals surface area (Å²) < 4.78 is 5.63. The van der Waals surface area contributed by atoms with Crippen LogP contribution in [0.15, 0.2) is 83.3 Å². The number of rotatable bonds is 5. The van der Waals surface area contributed by atoms with Crippen molar-refractivity contribution in [1.29, 1.82) is 0 Å². The Labute approximate surface area is 230 Å². The van der Waals surface area contributed by atoms with E-state index < -0.39 is 34.8 Å². The zero-order chi connectivity index (χ0) is 27.4. The third-order valence-electron chi connectivity index (χ3n) is 7.03. The highest BCUT2D eigenvalue weighted by Crippen LogP contribution is 2.50. The summed E-state index contributed by atoms with van der Waals surface area (Å²) in [4.78, 5) is 46.1. The molecule has 1 N–H and O–H groups in total. The van der Waals surface area contributed by atoms with E-state index in [0.29, 0.717) is 21.4 Å². The van der Waals surface area contributed by atoms with Crippen molar-refractivity contribution in [3.05, 3.63) is 99.0 Å². The fraction of sp³-hybridized carbons (Fsp3) is 0.143. The molecule has 2 fully saturated rings. The highest BCUT2D eigenvalue weighted by atomic mass is 79.9. The van der Waals surface area contributed by atoms with E-state index in [1.807, 2.05) is 30.3 Å². The summed E-state index contributed by atoms with van der Waals surface area (Å²) in [5, 5.41) is 24.8. The van der Waals surface area contributed by atoms with Gasteiger partial charge in [0.25, 0.3) is 11.6 Å². The molecule has 3 atom stereocenters. The van der Waals surface area contributed by atoms with Crippen molar-refractivity contribution < 1.29 is 29.2 Å². The molecule has 0 spiro atoms. The number of fused-ring (bicyclic) bond motifs is 2. The molecule has 6 rings (SSSR count). The number of methoxy groups -OCH3 is 1. The average Bonchev–Trinajstić information content (AvgIpc) is 3.45. The Bertz CT molecular complexity index is 1670. The van der Waals surface area contributed by atoms with Crippen LogP contribution < -0.4 is 14.7 Å². The summed E-state index contributed by atoms with van der Waals surface area (Å²) in [7, 11) is 1.39. The number of nitrogens with zero attached hydrogens (tertiary/aromatic N) is 3. The van der Waals surface area contributed by atoms with E-state index in [1.165, 1.54) is 30.4 Å². The number of aromatic hydroxyl groups is 1. The molecule has 0 bridgehead atoms. The standard InChI is InChI=1S/C28H20BrN3O7/c1-38-22-13-16(12-20(29)25(22)33)24-23-26(39-31(24)17-8-5-9-18(14-17)32(36)37)28(35)30(27(23)34)21-11-4-7-15-6-2-3-10-19(15)21/h2-14,23-24,26,33H,1H3/t23-,24+,26+/m0/s1. The minimum absolute atomic E-state index is 0.134. The number of anilines is 2. The van der Waals surface area contributed by atoms with Gasteiger partial charge in [-0.2, -0.15) is 0 Å². The molecule has 0 aliphatic carbocycles. The molecule has 2 saturated heterocycles. The van der Waals surface area contributed by atoms with Crippen LogP contribution in [-0.2, 0) is 14.4 Å². The topological polar surface area (TPSA) is 122 Å². The molecule has 10 nitrogen and oxygen atoms in total. The lowest BCUT2D eigenvalue weighted by atomic mass is 9.90. The van der Waals surface area contributed by atoms with Crippen LogP contribution in [0.5, 0.6) is 11.5 Å². The van der Waals surface area contributed by atoms with Gasteiger partial charge in [-0.25, -0.2) is 9.96 Å². The van der Waals surface area contributed by atoms with Gasteiger partial charge in [0.15, 0.2) is 17.6 Å². The smallest absolute Gasteiger partial charge is 0.271 e. The number of amides is 2. The van der Waals surface area contributed by atoms with E-state index in [2.05, 4.69) is 15.9 Å². The predicted octanol–water partition coefficient (Wildman–Crippen LogP) is 5.28. The molecule has 0 saturated carbocycles. The number of nitro benzene ring substituents is 1. The van der Waals surface area contributed by atoms with Gasteiger partial charge in [-0.05, 0) is 51.1 Å². The summed E-state index contributed by atoms with van der Waals surface area (Å²) >= 11 is 3.33. The maximum Gasteiger partial charge on any atom is 0.271 e. The van der Waals surface area contributed by atoms with E-state index in [9.17, 15) is 24.8 Å². The zero-order valence-corrected chi connectivity index (χ0v) is 21.9. The van der Waals surface area contributed by atoms with E-state index in [0.717, 1.165) is 15.7 Å². The normalized spacial score (nSPS) is 20.5. The van der Waals surface area contributed by atoms with Crippen LogP contribution in [0.1, 0.15) is 11.6 Å². The summed E-state index contributed by atoms with van der Waals surface area (Å²) in [6.07, 6.45) is -1.18. The molecule has 39 heavy (non-hydrogen) atoms. The second-order valence-corrected chi connectivity index (χ2v) is 10.0. The predicted molar refractivity (Wildman–Crippen MR) is 145 cm³/mol. The lowest BCUT2D eigenvalue weighted by molar-refractivity contribution is -0.384. The maximum absolute atomic E-state index is 14.1. The van der Waals surface area contributed by atoms with Crippen molar-refractivity contribution in [1.82, 2.24) is 0 Å². The third kappa shape index (κ3) is 3.89. The molecule has 4 aromatic rings. The Balaban J connectivity index is 1.50. The number of carbonyl (C=O) groups excluding carboxylic acids is 2. The second-order valence-electron chi connectivity index (χ2n) is 9.16. The first kappa shape index (κ1) is 24.8. The molecule has 0 radical (unpaired) electrons. The minimum atomic E-state index is -1.18. The number of ether oxygens (including phenoxy) is 1. The van der Waals surface area contributed by atoms with Crippen molar-refractivity contribution in [2.24, 2.45) is 5.92 Å². The molecule has 0 aromatic heterocycles. The number of hydrogen-bond donors (Lipinski definition) is 1. The summed E-state index contributed by atoms with van der Waals surface area (Å²) in [6, 6.07) is 20.9. The first-order valence-corrected chi connectivity index (χ1v) is 12.7. The molecule has 2 aliphatic rings. The fourth-order valence-corrected chi connectivity index (χ4v) is 5.74. The Morgan fingerprint density at radius 1 is 1.00 bits per heavy atom. The van der Waals surface area contributed by atoms with Gasteiger partial charge in [-0.15, -0.1) is 0 Å². The zero-order valence-electron chi connectivity index (χ0n) is 20.4. The van der Waals surface area contributed by atoms with Crippen LogP contribution in [0, 0.1) is 16.0 Å². The van der Waals surface area contributed by atoms with Crippen LogP contribution in [0.25, 0.3) is 10.8 Å². The SMILES string of the molecule is COc1cc([C@@H]2[C@@H]3C(=O)N(c4cccc5ccccc45)C(=O)[C@@H]3ON2c2cccc([N+](=O)[O-])c2)cc(Br)c1O. The third-order valence-corrected chi connectivity index (χ3v) is 7.63. The van der Waals surface area contributed by atoms with Gasteiger partial charge in [0.1, 0.15) is 5.92 Å². The lowest BCUT2D eigenvalue weighted by Crippen LogP contribution is -2.37.